The van der Waals surface area contributed by atoms with Gasteiger partial charge in [-0.2, -0.15) is 0 Å². The summed E-state index contributed by atoms with van der Waals surface area (Å²) in [4.78, 5) is 35.3. The zero-order valence-corrected chi connectivity index (χ0v) is 15.0. The van der Waals surface area contributed by atoms with Gasteiger partial charge in [-0.25, -0.2) is 0 Å². The number of anilines is 2. The van der Waals surface area contributed by atoms with Gasteiger partial charge in [0.1, 0.15) is 0 Å². The van der Waals surface area contributed by atoms with Crippen LogP contribution in [0.2, 0.25) is 5.02 Å². The molecule has 136 valence electrons. The molecule has 0 saturated heterocycles. The molecular weight excluding hydrogens is 356 g/mol. The van der Waals surface area contributed by atoms with E-state index >= 15 is 0 Å². The van der Waals surface area contributed by atoms with E-state index in [9.17, 15) is 14.4 Å². The SMILES string of the molecule is Cc1ccccc1NC(=O)CCC(=O)OCC(=O)Nc1cccc(Cl)c1. The van der Waals surface area contributed by atoms with Crippen molar-refractivity contribution in [1.82, 2.24) is 0 Å². The lowest BCUT2D eigenvalue weighted by Gasteiger charge is -2.08. The number of halogens is 1. The molecular formula is C19H19ClN2O4. The summed E-state index contributed by atoms with van der Waals surface area (Å²) in [6.07, 6.45) is -0.134. The second-order valence-electron chi connectivity index (χ2n) is 5.58. The van der Waals surface area contributed by atoms with Crippen molar-refractivity contribution >= 4 is 40.8 Å². The van der Waals surface area contributed by atoms with Crippen LogP contribution in [-0.4, -0.2) is 24.4 Å². The minimum Gasteiger partial charge on any atom is -0.456 e. The fraction of sp³-hybridized carbons (Fsp3) is 0.211. The van der Waals surface area contributed by atoms with Crippen LogP contribution < -0.4 is 10.6 Å². The Bertz CT molecular complexity index is 808. The summed E-state index contributed by atoms with van der Waals surface area (Å²) in [5.74, 6) is -1.39. The highest BCUT2D eigenvalue weighted by atomic mass is 35.5. The van der Waals surface area contributed by atoms with Crippen LogP contribution in [0.3, 0.4) is 0 Å². The van der Waals surface area contributed by atoms with Crippen molar-refractivity contribution in [2.75, 3.05) is 17.2 Å². The lowest BCUT2D eigenvalue weighted by molar-refractivity contribution is -0.147. The number of para-hydroxylation sites is 1. The Morgan fingerprint density at radius 2 is 1.73 bits per heavy atom. The van der Waals surface area contributed by atoms with Gasteiger partial charge in [0.25, 0.3) is 5.91 Å². The van der Waals surface area contributed by atoms with E-state index in [0.29, 0.717) is 16.4 Å². The number of carbonyl (C=O) groups excluding carboxylic acids is 3. The van der Waals surface area contributed by atoms with Gasteiger partial charge in [-0.1, -0.05) is 35.9 Å². The van der Waals surface area contributed by atoms with Crippen LogP contribution >= 0.6 is 11.6 Å². The summed E-state index contributed by atoms with van der Waals surface area (Å²) < 4.78 is 4.87. The number of carbonyl (C=O) groups is 3. The predicted molar refractivity (Wildman–Crippen MR) is 100 cm³/mol. The van der Waals surface area contributed by atoms with E-state index in [-0.39, 0.29) is 18.7 Å². The van der Waals surface area contributed by atoms with Crippen molar-refractivity contribution in [2.24, 2.45) is 0 Å². The number of amides is 2. The first kappa shape index (κ1) is 19.5. The van der Waals surface area contributed by atoms with Crippen LogP contribution in [0.15, 0.2) is 48.5 Å². The summed E-state index contributed by atoms with van der Waals surface area (Å²) in [5.41, 5.74) is 2.14. The van der Waals surface area contributed by atoms with Gasteiger partial charge < -0.3 is 15.4 Å². The predicted octanol–water partition coefficient (Wildman–Crippen LogP) is 3.55. The maximum atomic E-state index is 11.9. The lowest BCUT2D eigenvalue weighted by atomic mass is 10.2. The quantitative estimate of drug-likeness (QED) is 0.726. The fourth-order valence-electron chi connectivity index (χ4n) is 2.12. The molecule has 0 bridgehead atoms. The summed E-state index contributed by atoms with van der Waals surface area (Å²) in [6, 6.07) is 14.0. The van der Waals surface area contributed by atoms with Crippen LogP contribution in [0.4, 0.5) is 11.4 Å². The van der Waals surface area contributed by atoms with Gasteiger partial charge in [-0.15, -0.1) is 0 Å². The van der Waals surface area contributed by atoms with Gasteiger partial charge in [0, 0.05) is 22.8 Å². The molecule has 6 nitrogen and oxygen atoms in total. The third-order valence-corrected chi connectivity index (χ3v) is 3.68. The van der Waals surface area contributed by atoms with Crippen molar-refractivity contribution < 1.29 is 19.1 Å². The average molecular weight is 375 g/mol. The molecule has 0 atom stereocenters. The van der Waals surface area contributed by atoms with Crippen LogP contribution in [0, 0.1) is 6.92 Å². The zero-order valence-electron chi connectivity index (χ0n) is 14.3. The Kier molecular flexibility index (Phi) is 7.17. The Hall–Kier alpha value is -2.86. The van der Waals surface area contributed by atoms with Gasteiger partial charge in [0.05, 0.1) is 6.42 Å². The Balaban J connectivity index is 1.69. The van der Waals surface area contributed by atoms with Gasteiger partial charge in [0.15, 0.2) is 6.61 Å². The normalized spacial score (nSPS) is 10.1. The lowest BCUT2D eigenvalue weighted by Crippen LogP contribution is -2.21. The van der Waals surface area contributed by atoms with E-state index in [0.717, 1.165) is 5.56 Å². The number of esters is 1. The highest BCUT2D eigenvalue weighted by molar-refractivity contribution is 6.30. The largest absolute Gasteiger partial charge is 0.456 e. The summed E-state index contributed by atoms with van der Waals surface area (Å²) in [6.45, 7) is 1.45. The first-order valence-electron chi connectivity index (χ1n) is 8.00. The third-order valence-electron chi connectivity index (χ3n) is 3.45. The molecule has 0 aliphatic heterocycles. The standard InChI is InChI=1S/C19H19ClN2O4/c1-13-5-2-3-8-16(13)22-17(23)9-10-19(25)26-12-18(24)21-15-7-4-6-14(20)11-15/h2-8,11H,9-10,12H2,1H3,(H,21,24)(H,22,23). The summed E-state index contributed by atoms with van der Waals surface area (Å²) in [5, 5.41) is 5.78. The Morgan fingerprint density at radius 3 is 2.46 bits per heavy atom. The van der Waals surface area contributed by atoms with Crippen LogP contribution in [0.25, 0.3) is 0 Å². The molecule has 0 heterocycles. The number of aryl methyl sites for hydroxylation is 1. The van der Waals surface area contributed by atoms with Crippen LogP contribution in [0.5, 0.6) is 0 Å². The van der Waals surface area contributed by atoms with Gasteiger partial charge in [-0.05, 0) is 36.8 Å². The third kappa shape index (κ3) is 6.57. The molecule has 0 aliphatic rings. The number of ether oxygens (including phenoxy) is 1. The molecule has 26 heavy (non-hydrogen) atoms. The topological polar surface area (TPSA) is 84.5 Å². The van der Waals surface area contributed by atoms with E-state index in [1.54, 1.807) is 30.3 Å². The van der Waals surface area contributed by atoms with Crippen molar-refractivity contribution in [3.63, 3.8) is 0 Å². The van der Waals surface area contributed by atoms with E-state index in [1.807, 2.05) is 25.1 Å². The Labute approximate surface area is 156 Å². The second-order valence-corrected chi connectivity index (χ2v) is 6.02. The number of nitrogens with one attached hydrogen (secondary N) is 2. The first-order chi connectivity index (χ1) is 12.4. The highest BCUT2D eigenvalue weighted by Gasteiger charge is 2.11. The van der Waals surface area contributed by atoms with Crippen molar-refractivity contribution in [3.8, 4) is 0 Å². The molecule has 7 heteroatoms. The molecule has 0 aromatic heterocycles. The monoisotopic (exact) mass is 374 g/mol. The maximum absolute atomic E-state index is 11.9. The molecule has 2 rings (SSSR count). The molecule has 2 amide bonds. The van der Waals surface area contributed by atoms with E-state index in [2.05, 4.69) is 10.6 Å². The van der Waals surface area contributed by atoms with Gasteiger partial charge in [-0.3, -0.25) is 14.4 Å². The smallest absolute Gasteiger partial charge is 0.306 e. The van der Waals surface area contributed by atoms with E-state index < -0.39 is 18.5 Å². The molecule has 0 aliphatic carbocycles. The molecule has 2 aromatic carbocycles. The molecule has 0 fully saturated rings. The average Bonchev–Trinajstić information content (AvgIpc) is 2.60. The van der Waals surface area contributed by atoms with Crippen molar-refractivity contribution in [2.45, 2.75) is 19.8 Å². The summed E-state index contributed by atoms with van der Waals surface area (Å²) >= 11 is 5.82. The molecule has 0 saturated carbocycles. The molecule has 0 unspecified atom stereocenters. The zero-order chi connectivity index (χ0) is 18.9. The summed E-state index contributed by atoms with van der Waals surface area (Å²) in [7, 11) is 0. The minimum atomic E-state index is -0.619. The highest BCUT2D eigenvalue weighted by Crippen LogP contribution is 2.15. The van der Waals surface area contributed by atoms with Gasteiger partial charge >= 0.3 is 5.97 Å². The number of hydrogen-bond acceptors (Lipinski definition) is 4. The molecule has 0 spiro atoms. The van der Waals surface area contributed by atoms with E-state index in [4.69, 9.17) is 16.3 Å². The number of hydrogen-bond donors (Lipinski definition) is 2. The van der Waals surface area contributed by atoms with Crippen molar-refractivity contribution in [3.05, 3.63) is 59.1 Å². The maximum Gasteiger partial charge on any atom is 0.306 e. The van der Waals surface area contributed by atoms with E-state index in [1.165, 1.54) is 0 Å². The number of benzene rings is 2. The first-order valence-corrected chi connectivity index (χ1v) is 8.38. The minimum absolute atomic E-state index is 0.0247. The molecule has 2 N–H and O–H groups in total. The van der Waals surface area contributed by atoms with Crippen LogP contribution in [0.1, 0.15) is 18.4 Å². The molecule has 0 radical (unpaired) electrons. The van der Waals surface area contributed by atoms with Crippen molar-refractivity contribution in [1.29, 1.82) is 0 Å². The van der Waals surface area contributed by atoms with Crippen LogP contribution in [-0.2, 0) is 19.1 Å². The number of rotatable bonds is 7. The molecule has 2 aromatic rings. The fourth-order valence-corrected chi connectivity index (χ4v) is 2.31. The second kappa shape index (κ2) is 9.58. The van der Waals surface area contributed by atoms with Gasteiger partial charge in [0.2, 0.25) is 5.91 Å². The Morgan fingerprint density at radius 1 is 0.962 bits per heavy atom.